The summed E-state index contributed by atoms with van der Waals surface area (Å²) >= 11 is 0. The lowest BCUT2D eigenvalue weighted by molar-refractivity contribution is 0.207. The summed E-state index contributed by atoms with van der Waals surface area (Å²) in [5.74, 6) is 0. The van der Waals surface area contributed by atoms with E-state index >= 15 is 0 Å². The van der Waals surface area contributed by atoms with Gasteiger partial charge in [-0.2, -0.15) is 5.10 Å². The molecular formula is C21H27N5O. The van der Waals surface area contributed by atoms with Crippen LogP contribution in [0.15, 0.2) is 30.6 Å². The molecule has 0 spiro atoms. The summed E-state index contributed by atoms with van der Waals surface area (Å²) in [5.41, 5.74) is 6.59. The van der Waals surface area contributed by atoms with Crippen LogP contribution in [0.5, 0.6) is 0 Å². The summed E-state index contributed by atoms with van der Waals surface area (Å²) in [6.45, 7) is 4.50. The molecule has 1 aliphatic heterocycles. The Morgan fingerprint density at radius 3 is 3.00 bits per heavy atom. The lowest BCUT2D eigenvalue weighted by Crippen LogP contribution is -2.37. The zero-order valence-corrected chi connectivity index (χ0v) is 16.3. The Labute approximate surface area is 159 Å². The first-order valence-corrected chi connectivity index (χ1v) is 9.60. The highest BCUT2D eigenvalue weighted by molar-refractivity contribution is 5.88. The number of hydrogen-bond acceptors (Lipinski definition) is 2. The van der Waals surface area contributed by atoms with Crippen LogP contribution in [0.2, 0.25) is 0 Å². The van der Waals surface area contributed by atoms with Gasteiger partial charge in [-0.1, -0.05) is 18.2 Å². The molecular weight excluding hydrogens is 338 g/mol. The molecule has 0 saturated heterocycles. The first kappa shape index (κ1) is 17.6. The average Bonchev–Trinajstić information content (AvgIpc) is 3.19. The zero-order valence-electron chi connectivity index (χ0n) is 16.3. The molecule has 6 heteroatoms. The number of rotatable bonds is 5. The first-order valence-electron chi connectivity index (χ1n) is 9.60. The Morgan fingerprint density at radius 2 is 2.22 bits per heavy atom. The van der Waals surface area contributed by atoms with Crippen molar-refractivity contribution < 1.29 is 4.79 Å². The number of aryl methyl sites for hydroxylation is 3. The largest absolute Gasteiger partial charge is 0.344 e. The molecule has 2 aromatic heterocycles. The van der Waals surface area contributed by atoms with Crippen LogP contribution >= 0.6 is 0 Å². The number of benzene rings is 1. The Balaban J connectivity index is 1.41. The number of carbonyl (C=O) groups is 1. The van der Waals surface area contributed by atoms with Crippen molar-refractivity contribution in [2.75, 3.05) is 13.6 Å². The van der Waals surface area contributed by atoms with Gasteiger partial charge < -0.3 is 14.8 Å². The van der Waals surface area contributed by atoms with Crippen molar-refractivity contribution in [3.05, 3.63) is 53.0 Å². The minimum atomic E-state index is -0.0507. The summed E-state index contributed by atoms with van der Waals surface area (Å²) in [4.78, 5) is 14.1. The van der Waals surface area contributed by atoms with E-state index in [1.807, 2.05) is 20.3 Å². The zero-order chi connectivity index (χ0) is 19.0. The van der Waals surface area contributed by atoms with Crippen LogP contribution < -0.4 is 5.32 Å². The van der Waals surface area contributed by atoms with Gasteiger partial charge in [-0.3, -0.25) is 4.68 Å². The van der Waals surface area contributed by atoms with E-state index < -0.39 is 0 Å². The SMILES string of the molecule is Cc1c(CCNC(=O)N(C)Cc2cnn(C)c2)c2cccc3c2n1CCC3. The number of aromatic nitrogens is 3. The van der Waals surface area contributed by atoms with Crippen LogP contribution in [0.3, 0.4) is 0 Å². The van der Waals surface area contributed by atoms with Crippen LogP contribution in [-0.4, -0.2) is 38.9 Å². The molecule has 3 heterocycles. The maximum Gasteiger partial charge on any atom is 0.317 e. The molecule has 142 valence electrons. The summed E-state index contributed by atoms with van der Waals surface area (Å²) in [6.07, 6.45) is 6.94. The Hall–Kier alpha value is -2.76. The fraction of sp³-hybridized carbons (Fsp3) is 0.429. The number of para-hydroxylation sites is 1. The minimum Gasteiger partial charge on any atom is -0.344 e. The Bertz CT molecular complexity index is 984. The van der Waals surface area contributed by atoms with Crippen LogP contribution in [0.1, 0.15) is 28.8 Å². The predicted octanol–water partition coefficient (Wildman–Crippen LogP) is 3.01. The van der Waals surface area contributed by atoms with Gasteiger partial charge in [0.05, 0.1) is 18.3 Å². The van der Waals surface area contributed by atoms with Crippen molar-refractivity contribution >= 4 is 16.9 Å². The molecule has 6 nitrogen and oxygen atoms in total. The fourth-order valence-electron chi connectivity index (χ4n) is 4.23. The van der Waals surface area contributed by atoms with E-state index in [2.05, 4.69) is 40.1 Å². The van der Waals surface area contributed by atoms with Gasteiger partial charge in [0.25, 0.3) is 0 Å². The number of urea groups is 1. The summed E-state index contributed by atoms with van der Waals surface area (Å²) in [7, 11) is 3.69. The van der Waals surface area contributed by atoms with Crippen molar-refractivity contribution in [2.24, 2.45) is 7.05 Å². The fourth-order valence-corrected chi connectivity index (χ4v) is 4.23. The third-order valence-corrected chi connectivity index (χ3v) is 5.56. The molecule has 1 N–H and O–H groups in total. The van der Waals surface area contributed by atoms with Crippen LogP contribution in [0.4, 0.5) is 4.79 Å². The van der Waals surface area contributed by atoms with Crippen molar-refractivity contribution in [3.8, 4) is 0 Å². The van der Waals surface area contributed by atoms with E-state index in [-0.39, 0.29) is 6.03 Å². The van der Waals surface area contributed by atoms with E-state index in [0.717, 1.165) is 24.9 Å². The second-order valence-corrected chi connectivity index (χ2v) is 7.49. The van der Waals surface area contributed by atoms with Gasteiger partial charge >= 0.3 is 6.03 Å². The van der Waals surface area contributed by atoms with Crippen LogP contribution in [0.25, 0.3) is 10.9 Å². The molecule has 0 aliphatic carbocycles. The van der Waals surface area contributed by atoms with E-state index in [9.17, 15) is 4.79 Å². The highest BCUT2D eigenvalue weighted by Crippen LogP contribution is 2.32. The molecule has 4 rings (SSSR count). The first-order chi connectivity index (χ1) is 13.0. The van der Waals surface area contributed by atoms with Gasteiger partial charge in [0.2, 0.25) is 0 Å². The lowest BCUT2D eigenvalue weighted by atomic mass is 10.0. The molecule has 0 saturated carbocycles. The molecule has 1 aliphatic rings. The topological polar surface area (TPSA) is 55.1 Å². The molecule has 0 atom stereocenters. The van der Waals surface area contributed by atoms with Crippen molar-refractivity contribution in [2.45, 2.75) is 39.3 Å². The normalized spacial score (nSPS) is 13.1. The van der Waals surface area contributed by atoms with Crippen LogP contribution in [-0.2, 0) is 33.0 Å². The van der Waals surface area contributed by atoms with E-state index in [1.54, 1.807) is 15.8 Å². The molecule has 3 aromatic rings. The van der Waals surface area contributed by atoms with E-state index in [0.29, 0.717) is 13.1 Å². The van der Waals surface area contributed by atoms with Gasteiger partial charge in [0.1, 0.15) is 0 Å². The van der Waals surface area contributed by atoms with E-state index in [4.69, 9.17) is 0 Å². The number of amides is 2. The van der Waals surface area contributed by atoms with Gasteiger partial charge in [-0.05, 0) is 37.3 Å². The molecule has 0 bridgehead atoms. The molecule has 1 aromatic carbocycles. The summed E-state index contributed by atoms with van der Waals surface area (Å²) in [5, 5.41) is 8.56. The van der Waals surface area contributed by atoms with Gasteiger partial charge in [0, 0.05) is 50.0 Å². The molecule has 0 radical (unpaired) electrons. The number of nitrogens with zero attached hydrogens (tertiary/aromatic N) is 4. The number of nitrogens with one attached hydrogen (secondary N) is 1. The highest BCUT2D eigenvalue weighted by atomic mass is 16.2. The molecule has 2 amide bonds. The van der Waals surface area contributed by atoms with Crippen molar-refractivity contribution in [1.29, 1.82) is 0 Å². The second-order valence-electron chi connectivity index (χ2n) is 7.49. The monoisotopic (exact) mass is 365 g/mol. The summed E-state index contributed by atoms with van der Waals surface area (Å²) < 4.78 is 4.21. The Kier molecular flexibility index (Phi) is 4.64. The maximum absolute atomic E-state index is 12.4. The molecule has 27 heavy (non-hydrogen) atoms. The van der Waals surface area contributed by atoms with Gasteiger partial charge in [0.15, 0.2) is 0 Å². The predicted molar refractivity (Wildman–Crippen MR) is 107 cm³/mol. The number of hydrogen-bond donors (Lipinski definition) is 1. The third kappa shape index (κ3) is 3.31. The number of carbonyl (C=O) groups excluding carboxylic acids is 1. The van der Waals surface area contributed by atoms with E-state index in [1.165, 1.54) is 34.1 Å². The average molecular weight is 365 g/mol. The molecule has 0 unspecified atom stereocenters. The quantitative estimate of drug-likeness (QED) is 0.756. The second kappa shape index (κ2) is 7.10. The van der Waals surface area contributed by atoms with Gasteiger partial charge in [-0.25, -0.2) is 4.79 Å². The maximum atomic E-state index is 12.4. The summed E-state index contributed by atoms with van der Waals surface area (Å²) in [6, 6.07) is 6.58. The molecule has 0 fully saturated rings. The standard InChI is InChI=1S/C21H27N5O/c1-15-18(19-8-4-6-17-7-5-11-26(15)20(17)19)9-10-22-21(27)24(2)13-16-12-23-25(3)14-16/h4,6,8,12,14H,5,7,9-11,13H2,1-3H3,(H,22,27). The van der Waals surface area contributed by atoms with Crippen LogP contribution in [0, 0.1) is 6.92 Å². The van der Waals surface area contributed by atoms with Gasteiger partial charge in [-0.15, -0.1) is 0 Å². The Morgan fingerprint density at radius 1 is 1.37 bits per heavy atom. The smallest absolute Gasteiger partial charge is 0.317 e. The van der Waals surface area contributed by atoms with Crippen molar-refractivity contribution in [1.82, 2.24) is 24.6 Å². The highest BCUT2D eigenvalue weighted by Gasteiger charge is 2.19. The lowest BCUT2D eigenvalue weighted by Gasteiger charge is -2.17. The minimum absolute atomic E-state index is 0.0507. The van der Waals surface area contributed by atoms with Crippen molar-refractivity contribution in [3.63, 3.8) is 0 Å². The third-order valence-electron chi connectivity index (χ3n) is 5.56.